The van der Waals surface area contributed by atoms with Gasteiger partial charge in [0.2, 0.25) is 0 Å². The SMILES string of the molecule is COC(=O)C(C)(C)NC(=O)c1cc(-c2ccccc2)ncn1. The van der Waals surface area contributed by atoms with Crippen LogP contribution in [0.15, 0.2) is 42.7 Å². The van der Waals surface area contributed by atoms with Gasteiger partial charge in [-0.15, -0.1) is 0 Å². The Morgan fingerprint density at radius 3 is 2.45 bits per heavy atom. The molecular weight excluding hydrogens is 282 g/mol. The second-order valence-electron chi connectivity index (χ2n) is 5.23. The summed E-state index contributed by atoms with van der Waals surface area (Å²) in [4.78, 5) is 32.0. The predicted molar refractivity (Wildman–Crippen MR) is 81.0 cm³/mol. The Kier molecular flexibility index (Phi) is 4.50. The van der Waals surface area contributed by atoms with Gasteiger partial charge in [0.25, 0.3) is 5.91 Å². The van der Waals surface area contributed by atoms with Crippen molar-refractivity contribution < 1.29 is 14.3 Å². The molecule has 0 unspecified atom stereocenters. The van der Waals surface area contributed by atoms with Gasteiger partial charge in [0.05, 0.1) is 12.8 Å². The molecule has 1 aromatic heterocycles. The van der Waals surface area contributed by atoms with Crippen LogP contribution >= 0.6 is 0 Å². The van der Waals surface area contributed by atoms with E-state index in [2.05, 4.69) is 20.0 Å². The Hall–Kier alpha value is -2.76. The van der Waals surface area contributed by atoms with Crippen LogP contribution in [-0.2, 0) is 9.53 Å². The van der Waals surface area contributed by atoms with Gasteiger partial charge in [0, 0.05) is 5.56 Å². The van der Waals surface area contributed by atoms with Crippen LogP contribution in [0.2, 0.25) is 0 Å². The summed E-state index contributed by atoms with van der Waals surface area (Å²) in [5.74, 6) is -0.992. The van der Waals surface area contributed by atoms with E-state index in [4.69, 9.17) is 0 Å². The molecule has 6 nitrogen and oxygen atoms in total. The molecule has 0 aliphatic heterocycles. The Morgan fingerprint density at radius 1 is 1.14 bits per heavy atom. The zero-order valence-corrected chi connectivity index (χ0v) is 12.7. The molecule has 0 saturated heterocycles. The lowest BCUT2D eigenvalue weighted by Crippen LogP contribution is -2.50. The van der Waals surface area contributed by atoms with Crippen LogP contribution in [0, 0.1) is 0 Å². The van der Waals surface area contributed by atoms with E-state index in [9.17, 15) is 9.59 Å². The zero-order chi connectivity index (χ0) is 16.2. The Morgan fingerprint density at radius 2 is 1.82 bits per heavy atom. The van der Waals surface area contributed by atoms with Crippen molar-refractivity contribution in [2.24, 2.45) is 0 Å². The molecule has 0 atom stereocenters. The quantitative estimate of drug-likeness (QED) is 0.871. The molecule has 114 valence electrons. The number of aromatic nitrogens is 2. The first kappa shape index (κ1) is 15.6. The molecule has 0 aliphatic carbocycles. The highest BCUT2D eigenvalue weighted by Gasteiger charge is 2.31. The predicted octanol–water partition coefficient (Wildman–Crippen LogP) is 1.82. The summed E-state index contributed by atoms with van der Waals surface area (Å²) in [7, 11) is 1.27. The number of hydrogen-bond donors (Lipinski definition) is 1. The lowest BCUT2D eigenvalue weighted by Gasteiger charge is -2.22. The Labute approximate surface area is 128 Å². The summed E-state index contributed by atoms with van der Waals surface area (Å²) in [5.41, 5.74) is 0.567. The molecule has 0 spiro atoms. The van der Waals surface area contributed by atoms with E-state index in [0.717, 1.165) is 5.56 Å². The van der Waals surface area contributed by atoms with Gasteiger partial charge in [-0.1, -0.05) is 30.3 Å². The molecule has 1 N–H and O–H groups in total. The Balaban J connectivity index is 2.23. The summed E-state index contributed by atoms with van der Waals surface area (Å²) in [5, 5.41) is 2.60. The molecule has 22 heavy (non-hydrogen) atoms. The van der Waals surface area contributed by atoms with Crippen LogP contribution in [0.5, 0.6) is 0 Å². The van der Waals surface area contributed by atoms with E-state index in [0.29, 0.717) is 5.69 Å². The minimum Gasteiger partial charge on any atom is -0.467 e. The fraction of sp³-hybridized carbons (Fsp3) is 0.250. The number of carbonyl (C=O) groups is 2. The molecule has 0 radical (unpaired) electrons. The van der Waals surface area contributed by atoms with Crippen molar-refractivity contribution in [2.75, 3.05) is 7.11 Å². The number of benzene rings is 1. The lowest BCUT2D eigenvalue weighted by atomic mass is 10.1. The number of amides is 1. The largest absolute Gasteiger partial charge is 0.467 e. The van der Waals surface area contributed by atoms with Gasteiger partial charge < -0.3 is 10.1 Å². The van der Waals surface area contributed by atoms with Crippen molar-refractivity contribution in [1.29, 1.82) is 0 Å². The van der Waals surface area contributed by atoms with E-state index >= 15 is 0 Å². The van der Waals surface area contributed by atoms with Gasteiger partial charge in [-0.25, -0.2) is 14.8 Å². The van der Waals surface area contributed by atoms with Crippen molar-refractivity contribution in [3.05, 3.63) is 48.4 Å². The number of esters is 1. The maximum absolute atomic E-state index is 12.3. The number of methoxy groups -OCH3 is 1. The van der Waals surface area contributed by atoms with Gasteiger partial charge in [0.1, 0.15) is 17.6 Å². The lowest BCUT2D eigenvalue weighted by molar-refractivity contribution is -0.146. The van der Waals surface area contributed by atoms with Gasteiger partial charge >= 0.3 is 5.97 Å². The maximum Gasteiger partial charge on any atom is 0.330 e. The van der Waals surface area contributed by atoms with Gasteiger partial charge in [-0.2, -0.15) is 0 Å². The van der Waals surface area contributed by atoms with E-state index in [1.54, 1.807) is 19.9 Å². The normalized spacial score (nSPS) is 10.9. The summed E-state index contributed by atoms with van der Waals surface area (Å²) < 4.78 is 4.66. The van der Waals surface area contributed by atoms with E-state index < -0.39 is 17.4 Å². The standard InChI is InChI=1S/C16H17N3O3/c1-16(2,15(21)22-3)19-14(20)13-9-12(17-10-18-13)11-7-5-4-6-8-11/h4-10H,1-3H3,(H,19,20). The molecule has 1 heterocycles. The highest BCUT2D eigenvalue weighted by Crippen LogP contribution is 2.16. The number of ether oxygens (including phenoxy) is 1. The third-order valence-electron chi connectivity index (χ3n) is 3.09. The number of hydrogen-bond acceptors (Lipinski definition) is 5. The molecule has 0 bridgehead atoms. The summed E-state index contributed by atoms with van der Waals surface area (Å²) >= 11 is 0. The zero-order valence-electron chi connectivity index (χ0n) is 12.7. The molecule has 0 fully saturated rings. The number of rotatable bonds is 4. The first-order valence-electron chi connectivity index (χ1n) is 6.72. The van der Waals surface area contributed by atoms with Crippen LogP contribution in [0.25, 0.3) is 11.3 Å². The smallest absolute Gasteiger partial charge is 0.330 e. The first-order chi connectivity index (χ1) is 10.4. The van der Waals surface area contributed by atoms with Gasteiger partial charge in [-0.05, 0) is 19.9 Å². The van der Waals surface area contributed by atoms with E-state index in [-0.39, 0.29) is 5.69 Å². The second kappa shape index (κ2) is 6.34. The summed E-state index contributed by atoms with van der Waals surface area (Å²) in [6.07, 6.45) is 1.32. The van der Waals surface area contributed by atoms with Crippen LogP contribution in [0.1, 0.15) is 24.3 Å². The Bertz CT molecular complexity index is 684. The van der Waals surface area contributed by atoms with Crippen LogP contribution in [-0.4, -0.2) is 34.5 Å². The van der Waals surface area contributed by atoms with Gasteiger partial charge in [-0.3, -0.25) is 4.79 Å². The molecule has 1 aromatic carbocycles. The van der Waals surface area contributed by atoms with Crippen LogP contribution < -0.4 is 5.32 Å². The molecule has 2 rings (SSSR count). The summed E-state index contributed by atoms with van der Waals surface area (Å²) in [6, 6.07) is 11.0. The average molecular weight is 299 g/mol. The van der Waals surface area contributed by atoms with Crippen molar-refractivity contribution in [2.45, 2.75) is 19.4 Å². The van der Waals surface area contributed by atoms with Crippen molar-refractivity contribution >= 4 is 11.9 Å². The fourth-order valence-corrected chi connectivity index (χ4v) is 1.90. The van der Waals surface area contributed by atoms with Crippen molar-refractivity contribution in [3.63, 3.8) is 0 Å². The first-order valence-corrected chi connectivity index (χ1v) is 6.72. The third-order valence-corrected chi connectivity index (χ3v) is 3.09. The van der Waals surface area contributed by atoms with Gasteiger partial charge in [0.15, 0.2) is 0 Å². The maximum atomic E-state index is 12.3. The molecule has 6 heteroatoms. The van der Waals surface area contributed by atoms with E-state index in [1.807, 2.05) is 30.3 Å². The topological polar surface area (TPSA) is 81.2 Å². The molecule has 2 aromatic rings. The van der Waals surface area contributed by atoms with Crippen LogP contribution in [0.3, 0.4) is 0 Å². The minimum atomic E-state index is -1.14. The number of carbonyl (C=O) groups excluding carboxylic acids is 2. The van der Waals surface area contributed by atoms with Crippen molar-refractivity contribution in [3.8, 4) is 11.3 Å². The highest BCUT2D eigenvalue weighted by atomic mass is 16.5. The van der Waals surface area contributed by atoms with Crippen molar-refractivity contribution in [1.82, 2.24) is 15.3 Å². The summed E-state index contributed by atoms with van der Waals surface area (Å²) in [6.45, 7) is 3.13. The molecule has 0 aliphatic rings. The third kappa shape index (κ3) is 3.46. The molecule has 1 amide bonds. The highest BCUT2D eigenvalue weighted by molar-refractivity contribution is 5.97. The van der Waals surface area contributed by atoms with Crippen LogP contribution in [0.4, 0.5) is 0 Å². The fourth-order valence-electron chi connectivity index (χ4n) is 1.90. The molecule has 0 saturated carbocycles. The number of nitrogens with one attached hydrogen (secondary N) is 1. The van der Waals surface area contributed by atoms with E-state index in [1.165, 1.54) is 13.4 Å². The number of nitrogens with zero attached hydrogens (tertiary/aromatic N) is 2. The average Bonchev–Trinajstić information content (AvgIpc) is 2.54. The second-order valence-corrected chi connectivity index (χ2v) is 5.23. The minimum absolute atomic E-state index is 0.186. The monoisotopic (exact) mass is 299 g/mol. The molecular formula is C16H17N3O3.